The van der Waals surface area contributed by atoms with Gasteiger partial charge in [0.25, 0.3) is 0 Å². The second-order valence-corrected chi connectivity index (χ2v) is 6.65. The van der Waals surface area contributed by atoms with Crippen LogP contribution in [0.15, 0.2) is 11.6 Å². The topological polar surface area (TPSA) is 66.8 Å². The number of hydrogen-bond acceptors (Lipinski definition) is 4. The molecule has 0 amide bonds. The summed E-state index contributed by atoms with van der Waals surface area (Å²) in [6, 6.07) is 0. The smallest absolute Gasteiger partial charge is 0.309 e. The van der Waals surface area contributed by atoms with E-state index in [9.17, 15) is 15.0 Å². The van der Waals surface area contributed by atoms with Crippen LogP contribution in [0, 0.1) is 23.2 Å². The second-order valence-electron chi connectivity index (χ2n) is 6.65. The van der Waals surface area contributed by atoms with Crippen molar-refractivity contribution in [3.8, 4) is 0 Å². The minimum Gasteiger partial charge on any atom is -0.461 e. The highest BCUT2D eigenvalue weighted by atomic mass is 16.6. The minimum absolute atomic E-state index is 0.0641. The largest absolute Gasteiger partial charge is 0.461 e. The summed E-state index contributed by atoms with van der Waals surface area (Å²) in [5.74, 6) is -0.330. The first-order valence-corrected chi connectivity index (χ1v) is 7.10. The number of esters is 1. The standard InChI is InChI=1S/C15H22O4/c1-7-4-5-10(16)15(3)11(17)6-9-8(2)14(18)19-13(9)12(7)15/h4,8-13,16-17H,5-6H2,1-3H3. The SMILES string of the molecule is CC1=CCC(O)C2(C)C(O)CC3C(C)C(=O)OC3C12. The Balaban J connectivity index is 2.06. The van der Waals surface area contributed by atoms with Gasteiger partial charge < -0.3 is 14.9 Å². The second kappa shape index (κ2) is 4.06. The zero-order valence-electron chi connectivity index (χ0n) is 11.7. The Hall–Kier alpha value is -0.870. The first-order valence-electron chi connectivity index (χ1n) is 7.10. The van der Waals surface area contributed by atoms with Crippen LogP contribution in [0.2, 0.25) is 0 Å². The molecule has 0 aromatic heterocycles. The van der Waals surface area contributed by atoms with Gasteiger partial charge in [-0.15, -0.1) is 0 Å². The van der Waals surface area contributed by atoms with Gasteiger partial charge in [-0.3, -0.25) is 4.79 Å². The molecule has 4 nitrogen and oxygen atoms in total. The van der Waals surface area contributed by atoms with E-state index in [1.54, 1.807) is 0 Å². The van der Waals surface area contributed by atoms with Gasteiger partial charge >= 0.3 is 5.97 Å². The van der Waals surface area contributed by atoms with Crippen molar-refractivity contribution in [1.82, 2.24) is 0 Å². The van der Waals surface area contributed by atoms with E-state index in [1.165, 1.54) is 0 Å². The van der Waals surface area contributed by atoms with Crippen molar-refractivity contribution in [3.63, 3.8) is 0 Å². The highest BCUT2D eigenvalue weighted by Crippen LogP contribution is 2.56. The molecule has 7 unspecified atom stereocenters. The number of rotatable bonds is 0. The van der Waals surface area contributed by atoms with E-state index in [0.29, 0.717) is 12.8 Å². The molecular weight excluding hydrogens is 244 g/mol. The summed E-state index contributed by atoms with van der Waals surface area (Å²) in [6.07, 6.45) is 1.76. The van der Waals surface area contributed by atoms with Crippen molar-refractivity contribution in [3.05, 3.63) is 11.6 Å². The molecule has 2 fully saturated rings. The Kier molecular flexibility index (Phi) is 2.81. The van der Waals surface area contributed by atoms with Gasteiger partial charge in [0.1, 0.15) is 6.10 Å². The lowest BCUT2D eigenvalue weighted by atomic mass is 9.53. The summed E-state index contributed by atoms with van der Waals surface area (Å²) in [7, 11) is 0. The maximum Gasteiger partial charge on any atom is 0.309 e. The molecule has 2 N–H and O–H groups in total. The van der Waals surface area contributed by atoms with E-state index < -0.39 is 17.6 Å². The highest BCUT2D eigenvalue weighted by Gasteiger charge is 2.61. The van der Waals surface area contributed by atoms with E-state index in [4.69, 9.17) is 4.74 Å². The predicted molar refractivity (Wildman–Crippen MR) is 69.1 cm³/mol. The maximum absolute atomic E-state index is 11.8. The summed E-state index contributed by atoms with van der Waals surface area (Å²) >= 11 is 0. The van der Waals surface area contributed by atoms with E-state index in [2.05, 4.69) is 0 Å². The lowest BCUT2D eigenvalue weighted by Gasteiger charge is -2.54. The number of hydrogen-bond donors (Lipinski definition) is 2. The van der Waals surface area contributed by atoms with Crippen molar-refractivity contribution in [1.29, 1.82) is 0 Å². The van der Waals surface area contributed by atoms with Gasteiger partial charge in [0.2, 0.25) is 0 Å². The summed E-state index contributed by atoms with van der Waals surface area (Å²) in [5.41, 5.74) is 0.521. The molecule has 4 heteroatoms. The maximum atomic E-state index is 11.8. The summed E-state index contributed by atoms with van der Waals surface area (Å²) in [5, 5.41) is 20.9. The molecule has 0 spiro atoms. The van der Waals surface area contributed by atoms with E-state index in [-0.39, 0.29) is 29.8 Å². The molecule has 106 valence electrons. The highest BCUT2D eigenvalue weighted by molar-refractivity contribution is 5.75. The Bertz CT molecular complexity index is 443. The van der Waals surface area contributed by atoms with Crippen LogP contribution in [0.4, 0.5) is 0 Å². The van der Waals surface area contributed by atoms with Crippen LogP contribution in [0.5, 0.6) is 0 Å². The van der Waals surface area contributed by atoms with Crippen molar-refractivity contribution in [2.45, 2.75) is 51.9 Å². The molecule has 0 radical (unpaired) electrons. The van der Waals surface area contributed by atoms with Crippen LogP contribution >= 0.6 is 0 Å². The number of carbonyl (C=O) groups excluding carboxylic acids is 1. The van der Waals surface area contributed by atoms with Crippen molar-refractivity contribution in [2.24, 2.45) is 23.2 Å². The van der Waals surface area contributed by atoms with Gasteiger partial charge in [0.05, 0.1) is 18.1 Å². The van der Waals surface area contributed by atoms with Crippen LogP contribution in [-0.2, 0) is 9.53 Å². The lowest BCUT2D eigenvalue weighted by Crippen LogP contribution is -2.59. The zero-order valence-corrected chi connectivity index (χ0v) is 11.7. The van der Waals surface area contributed by atoms with Crippen LogP contribution in [-0.4, -0.2) is 34.5 Å². The number of carbonyl (C=O) groups is 1. The van der Waals surface area contributed by atoms with Crippen LogP contribution in [0.1, 0.15) is 33.6 Å². The van der Waals surface area contributed by atoms with Gasteiger partial charge in [0.15, 0.2) is 0 Å². The monoisotopic (exact) mass is 266 g/mol. The van der Waals surface area contributed by atoms with Crippen LogP contribution in [0.3, 0.4) is 0 Å². The Morgan fingerprint density at radius 1 is 1.37 bits per heavy atom. The lowest BCUT2D eigenvalue weighted by molar-refractivity contribution is -0.170. The Morgan fingerprint density at radius 2 is 2.05 bits per heavy atom. The molecule has 1 saturated carbocycles. The van der Waals surface area contributed by atoms with E-state index in [0.717, 1.165) is 5.57 Å². The molecule has 2 aliphatic carbocycles. The number of fused-ring (bicyclic) bond motifs is 3. The first kappa shape index (κ1) is 13.1. The molecule has 0 aromatic rings. The molecule has 1 heterocycles. The van der Waals surface area contributed by atoms with Crippen LogP contribution < -0.4 is 0 Å². The molecule has 0 aromatic carbocycles. The van der Waals surface area contributed by atoms with Gasteiger partial charge in [-0.05, 0) is 19.8 Å². The molecule has 1 aliphatic heterocycles. The molecule has 0 bridgehead atoms. The molecule has 1 saturated heterocycles. The van der Waals surface area contributed by atoms with Gasteiger partial charge in [-0.1, -0.05) is 25.5 Å². The number of ether oxygens (including phenoxy) is 1. The average Bonchev–Trinajstić information content (AvgIpc) is 2.62. The van der Waals surface area contributed by atoms with E-state index in [1.807, 2.05) is 26.8 Å². The third kappa shape index (κ3) is 1.56. The van der Waals surface area contributed by atoms with Gasteiger partial charge in [-0.25, -0.2) is 0 Å². The van der Waals surface area contributed by atoms with Gasteiger partial charge in [-0.2, -0.15) is 0 Å². The Morgan fingerprint density at radius 3 is 2.74 bits per heavy atom. The van der Waals surface area contributed by atoms with Crippen molar-refractivity contribution < 1.29 is 19.7 Å². The quantitative estimate of drug-likeness (QED) is 0.512. The normalized spacial score (nSPS) is 53.1. The molecule has 3 aliphatic rings. The van der Waals surface area contributed by atoms with Crippen molar-refractivity contribution in [2.75, 3.05) is 0 Å². The molecular formula is C15H22O4. The summed E-state index contributed by atoms with van der Waals surface area (Å²) < 4.78 is 5.58. The molecule has 3 rings (SSSR count). The third-order valence-corrected chi connectivity index (χ3v) is 5.77. The number of aliphatic hydroxyl groups excluding tert-OH is 2. The first-order chi connectivity index (χ1) is 8.87. The average molecular weight is 266 g/mol. The zero-order chi connectivity index (χ0) is 13.9. The van der Waals surface area contributed by atoms with Crippen LogP contribution in [0.25, 0.3) is 0 Å². The fourth-order valence-electron chi connectivity index (χ4n) is 4.37. The van der Waals surface area contributed by atoms with Gasteiger partial charge in [0, 0.05) is 17.3 Å². The summed E-state index contributed by atoms with van der Waals surface area (Å²) in [4.78, 5) is 11.8. The Labute approximate surface area is 113 Å². The fourth-order valence-corrected chi connectivity index (χ4v) is 4.37. The van der Waals surface area contributed by atoms with E-state index >= 15 is 0 Å². The third-order valence-electron chi connectivity index (χ3n) is 5.77. The summed E-state index contributed by atoms with van der Waals surface area (Å²) in [6.45, 7) is 5.82. The molecule has 7 atom stereocenters. The van der Waals surface area contributed by atoms with Crippen molar-refractivity contribution >= 4 is 5.97 Å². The molecule has 19 heavy (non-hydrogen) atoms. The predicted octanol–water partition coefficient (Wildman–Crippen LogP) is 1.26. The minimum atomic E-state index is -0.607. The fraction of sp³-hybridized carbons (Fsp3) is 0.800. The number of aliphatic hydroxyl groups is 2.